The van der Waals surface area contributed by atoms with Gasteiger partial charge in [0.15, 0.2) is 0 Å². The molecule has 2 rings (SSSR count). The zero-order chi connectivity index (χ0) is 22.3. The molecule has 6 atom stereocenters. The fourth-order valence-corrected chi connectivity index (χ4v) is 5.38. The van der Waals surface area contributed by atoms with Gasteiger partial charge in [0.25, 0.3) is 0 Å². The number of ether oxygens (including phenoxy) is 3. The summed E-state index contributed by atoms with van der Waals surface area (Å²) in [6, 6.07) is 0. The zero-order valence-electron chi connectivity index (χ0n) is 21.4. The first-order valence-corrected chi connectivity index (χ1v) is 14.1. The molecule has 0 saturated carbocycles. The molecule has 0 aromatic rings. The fourth-order valence-electron chi connectivity index (χ4n) is 5.38. The quantitative estimate of drug-likeness (QED) is 0.126. The van der Waals surface area contributed by atoms with Crippen LogP contribution < -0.4 is 0 Å². The Hall–Kier alpha value is -0.120. The van der Waals surface area contributed by atoms with Gasteiger partial charge in [-0.25, -0.2) is 0 Å². The molecule has 2 aliphatic rings. The maximum atomic E-state index is 7.03. The van der Waals surface area contributed by atoms with Crippen LogP contribution in [0.25, 0.3) is 0 Å². The van der Waals surface area contributed by atoms with E-state index in [1.807, 2.05) is 0 Å². The Balaban J connectivity index is 1.94. The Bertz CT molecular complexity index is 380. The molecule has 0 bridgehead atoms. The normalized spacial score (nSPS) is 24.0. The minimum absolute atomic E-state index is 0.278. The summed E-state index contributed by atoms with van der Waals surface area (Å²) in [4.78, 5) is 0. The Labute approximate surface area is 194 Å². The van der Waals surface area contributed by atoms with E-state index in [1.54, 1.807) is 0 Å². The minimum Gasteiger partial charge on any atom is -0.370 e. The van der Waals surface area contributed by atoms with Gasteiger partial charge in [0.05, 0.1) is 25.4 Å². The van der Waals surface area contributed by atoms with E-state index in [2.05, 4.69) is 27.7 Å². The Kier molecular flexibility index (Phi) is 14.4. The highest BCUT2D eigenvalue weighted by atomic mass is 16.6. The van der Waals surface area contributed by atoms with E-state index in [4.69, 9.17) is 14.2 Å². The van der Waals surface area contributed by atoms with Crippen molar-refractivity contribution in [2.45, 2.75) is 155 Å². The zero-order valence-corrected chi connectivity index (χ0v) is 21.4. The number of rotatable bonds is 22. The first-order chi connectivity index (χ1) is 15.2. The van der Waals surface area contributed by atoms with Crippen LogP contribution in [0.15, 0.2) is 0 Å². The van der Waals surface area contributed by atoms with Crippen LogP contribution in [0.3, 0.4) is 0 Å². The maximum Gasteiger partial charge on any atom is 0.107 e. The molecule has 0 aromatic carbocycles. The molecule has 2 aliphatic heterocycles. The lowest BCUT2D eigenvalue weighted by Gasteiger charge is -2.34. The van der Waals surface area contributed by atoms with Crippen molar-refractivity contribution < 1.29 is 14.2 Å². The summed E-state index contributed by atoms with van der Waals surface area (Å²) < 4.78 is 18.7. The highest BCUT2D eigenvalue weighted by Gasteiger charge is 2.45. The molecule has 2 saturated heterocycles. The third-order valence-corrected chi connectivity index (χ3v) is 7.37. The van der Waals surface area contributed by atoms with Gasteiger partial charge >= 0.3 is 0 Å². The van der Waals surface area contributed by atoms with Gasteiger partial charge in [-0.05, 0) is 37.5 Å². The van der Waals surface area contributed by atoms with Crippen molar-refractivity contribution in [2.24, 2.45) is 11.8 Å². The SMILES string of the molecule is CCCCCCCC(CCC)C(OC(C(CCC)CCCCCCC)C1CO1)C1CO1. The summed E-state index contributed by atoms with van der Waals surface area (Å²) in [7, 11) is 0. The van der Waals surface area contributed by atoms with Crippen molar-refractivity contribution in [1.82, 2.24) is 0 Å². The van der Waals surface area contributed by atoms with E-state index in [9.17, 15) is 0 Å². The summed E-state index contributed by atoms with van der Waals surface area (Å²) in [5, 5.41) is 0. The van der Waals surface area contributed by atoms with Crippen LogP contribution in [0.2, 0.25) is 0 Å². The molecule has 0 N–H and O–H groups in total. The average molecular weight is 439 g/mol. The molecular weight excluding hydrogens is 384 g/mol. The summed E-state index contributed by atoms with van der Waals surface area (Å²) in [5.41, 5.74) is 0. The third kappa shape index (κ3) is 11.0. The first kappa shape index (κ1) is 27.1. The van der Waals surface area contributed by atoms with E-state index >= 15 is 0 Å². The molecular formula is C28H54O3. The summed E-state index contributed by atoms with van der Waals surface area (Å²) in [5.74, 6) is 1.29. The number of hydrogen-bond acceptors (Lipinski definition) is 3. The Morgan fingerprint density at radius 3 is 1.26 bits per heavy atom. The highest BCUT2D eigenvalue weighted by molar-refractivity contribution is 4.92. The fraction of sp³-hybridized carbons (Fsp3) is 1.00. The summed E-state index contributed by atoms with van der Waals surface area (Å²) >= 11 is 0. The molecule has 0 radical (unpaired) electrons. The smallest absolute Gasteiger partial charge is 0.107 e. The Morgan fingerprint density at radius 1 is 0.548 bits per heavy atom. The Morgan fingerprint density at radius 2 is 0.935 bits per heavy atom. The monoisotopic (exact) mass is 438 g/mol. The summed E-state index contributed by atoms with van der Waals surface area (Å²) in [6.45, 7) is 11.0. The molecule has 0 aliphatic carbocycles. The van der Waals surface area contributed by atoms with Crippen LogP contribution in [0.5, 0.6) is 0 Å². The molecule has 6 unspecified atom stereocenters. The van der Waals surface area contributed by atoms with Crippen LogP contribution in [0.4, 0.5) is 0 Å². The molecule has 31 heavy (non-hydrogen) atoms. The second-order valence-corrected chi connectivity index (χ2v) is 10.3. The van der Waals surface area contributed by atoms with E-state index in [0.29, 0.717) is 24.0 Å². The number of unbranched alkanes of at least 4 members (excludes halogenated alkanes) is 8. The largest absolute Gasteiger partial charge is 0.370 e. The predicted octanol–water partition coefficient (Wildman–Crippen LogP) is 8.09. The maximum absolute atomic E-state index is 7.03. The second kappa shape index (κ2) is 16.5. The van der Waals surface area contributed by atoms with Crippen LogP contribution in [-0.4, -0.2) is 37.6 Å². The van der Waals surface area contributed by atoms with Crippen molar-refractivity contribution >= 4 is 0 Å². The van der Waals surface area contributed by atoms with Gasteiger partial charge in [0.1, 0.15) is 12.2 Å². The van der Waals surface area contributed by atoms with Gasteiger partial charge in [-0.3, -0.25) is 0 Å². The molecule has 2 heterocycles. The van der Waals surface area contributed by atoms with Crippen molar-refractivity contribution in [3.8, 4) is 0 Å². The molecule has 3 heteroatoms. The first-order valence-electron chi connectivity index (χ1n) is 14.1. The molecule has 2 fully saturated rings. The van der Waals surface area contributed by atoms with Crippen LogP contribution in [-0.2, 0) is 14.2 Å². The van der Waals surface area contributed by atoms with E-state index in [-0.39, 0.29) is 12.2 Å². The molecule has 0 amide bonds. The minimum atomic E-state index is 0.278. The molecule has 184 valence electrons. The second-order valence-electron chi connectivity index (χ2n) is 10.3. The van der Waals surface area contributed by atoms with Crippen LogP contribution in [0, 0.1) is 11.8 Å². The van der Waals surface area contributed by atoms with E-state index in [0.717, 1.165) is 13.2 Å². The lowest BCUT2D eigenvalue weighted by molar-refractivity contribution is -0.0955. The van der Waals surface area contributed by atoms with Gasteiger partial charge in [-0.15, -0.1) is 0 Å². The number of hydrogen-bond donors (Lipinski definition) is 0. The lowest BCUT2D eigenvalue weighted by atomic mass is 9.86. The van der Waals surface area contributed by atoms with Crippen molar-refractivity contribution in [3.05, 3.63) is 0 Å². The van der Waals surface area contributed by atoms with E-state index in [1.165, 1.54) is 103 Å². The van der Waals surface area contributed by atoms with Crippen molar-refractivity contribution in [3.63, 3.8) is 0 Å². The van der Waals surface area contributed by atoms with Gasteiger partial charge in [0, 0.05) is 0 Å². The van der Waals surface area contributed by atoms with E-state index < -0.39 is 0 Å². The highest BCUT2D eigenvalue weighted by Crippen LogP contribution is 2.37. The van der Waals surface area contributed by atoms with Gasteiger partial charge in [-0.1, -0.05) is 105 Å². The third-order valence-electron chi connectivity index (χ3n) is 7.37. The van der Waals surface area contributed by atoms with Crippen LogP contribution in [0.1, 0.15) is 130 Å². The van der Waals surface area contributed by atoms with Crippen molar-refractivity contribution in [1.29, 1.82) is 0 Å². The average Bonchev–Trinajstić information content (AvgIpc) is 3.67. The standard InChI is InChI=1S/C28H54O3/c1-5-9-11-13-15-19-23(17-7-3)27(25-21-29-25)31-28(26-22-30-26)24(18-8-4)20-16-14-12-10-6-2/h23-28H,5-22H2,1-4H3. The molecule has 3 nitrogen and oxygen atoms in total. The lowest BCUT2D eigenvalue weighted by Crippen LogP contribution is -2.40. The van der Waals surface area contributed by atoms with Gasteiger partial charge in [0.2, 0.25) is 0 Å². The van der Waals surface area contributed by atoms with Crippen LogP contribution >= 0.6 is 0 Å². The summed E-state index contributed by atoms with van der Waals surface area (Å²) in [6.07, 6.45) is 22.4. The van der Waals surface area contributed by atoms with Gasteiger partial charge in [-0.2, -0.15) is 0 Å². The van der Waals surface area contributed by atoms with Crippen molar-refractivity contribution in [2.75, 3.05) is 13.2 Å². The molecule has 0 aromatic heterocycles. The predicted molar refractivity (Wildman–Crippen MR) is 132 cm³/mol. The molecule has 0 spiro atoms. The van der Waals surface area contributed by atoms with Gasteiger partial charge < -0.3 is 14.2 Å². The topological polar surface area (TPSA) is 34.3 Å². The number of epoxide rings is 2.